The topological polar surface area (TPSA) is 147 Å². The largest absolute Gasteiger partial charge is 0.494 e. The highest BCUT2D eigenvalue weighted by Gasteiger charge is 2.29. The summed E-state index contributed by atoms with van der Waals surface area (Å²) in [6, 6.07) is 23.9. The van der Waals surface area contributed by atoms with Crippen LogP contribution in [0.25, 0.3) is 22.5 Å². The van der Waals surface area contributed by atoms with E-state index in [1.165, 1.54) is 31.9 Å². The third-order valence-electron chi connectivity index (χ3n) is 9.34. The van der Waals surface area contributed by atoms with E-state index in [2.05, 4.69) is 53.3 Å². The molecule has 2 heterocycles. The van der Waals surface area contributed by atoms with Gasteiger partial charge in [-0.25, -0.2) is 9.97 Å². The van der Waals surface area contributed by atoms with E-state index in [1.54, 1.807) is 42.9 Å². The van der Waals surface area contributed by atoms with E-state index in [-0.39, 0.29) is 17.7 Å². The third kappa shape index (κ3) is 11.3. The van der Waals surface area contributed by atoms with Crippen molar-refractivity contribution in [3.63, 3.8) is 0 Å². The molecule has 0 radical (unpaired) electrons. The SMILES string of the molecule is CCCCCCCOc1ccc(-c2cnc(-c3ccc(C[C@H](NC(=O)c4ccc(C(C)(C)C)cc4)C(O)NC(C(=O)O)c4cccnc4)cc3)nc2)cc1. The molecule has 0 bridgehead atoms. The van der Waals surface area contributed by atoms with Crippen molar-refractivity contribution >= 4 is 11.9 Å². The molecular weight excluding hydrogens is 679 g/mol. The van der Waals surface area contributed by atoms with E-state index in [1.807, 2.05) is 60.7 Å². The number of ether oxygens (including phenoxy) is 1. The predicted molar refractivity (Wildman–Crippen MR) is 211 cm³/mol. The van der Waals surface area contributed by atoms with Crippen LogP contribution >= 0.6 is 0 Å². The molecule has 10 heteroatoms. The number of carboxylic acids is 1. The number of aromatic nitrogens is 3. The molecule has 0 aliphatic rings. The molecule has 0 saturated carbocycles. The number of pyridine rings is 1. The summed E-state index contributed by atoms with van der Waals surface area (Å²) in [7, 11) is 0. The first kappa shape index (κ1) is 39.8. The zero-order valence-corrected chi connectivity index (χ0v) is 31.5. The van der Waals surface area contributed by atoms with Crippen LogP contribution in [0, 0.1) is 0 Å². The summed E-state index contributed by atoms with van der Waals surface area (Å²) in [5, 5.41) is 27.1. The number of amides is 1. The van der Waals surface area contributed by atoms with Crippen molar-refractivity contribution in [2.24, 2.45) is 0 Å². The molecular formula is C44H51N5O5. The van der Waals surface area contributed by atoms with Gasteiger partial charge in [0.05, 0.1) is 12.6 Å². The van der Waals surface area contributed by atoms with Crippen molar-refractivity contribution in [1.82, 2.24) is 25.6 Å². The van der Waals surface area contributed by atoms with E-state index in [9.17, 15) is 19.8 Å². The van der Waals surface area contributed by atoms with Gasteiger partial charge in [0.2, 0.25) is 0 Å². The van der Waals surface area contributed by atoms with Crippen LogP contribution in [-0.4, -0.2) is 55.9 Å². The van der Waals surface area contributed by atoms with E-state index < -0.39 is 24.3 Å². The van der Waals surface area contributed by atoms with Gasteiger partial charge in [-0.1, -0.05) is 108 Å². The molecule has 2 aromatic heterocycles. The Morgan fingerprint density at radius 3 is 2.07 bits per heavy atom. The molecule has 2 unspecified atom stereocenters. The summed E-state index contributed by atoms with van der Waals surface area (Å²) in [5.41, 5.74) is 5.29. The number of hydrogen-bond donors (Lipinski definition) is 4. The highest BCUT2D eigenvalue weighted by molar-refractivity contribution is 5.94. The van der Waals surface area contributed by atoms with Gasteiger partial charge in [-0.15, -0.1) is 0 Å². The minimum Gasteiger partial charge on any atom is -0.494 e. The average molecular weight is 730 g/mol. The second kappa shape index (κ2) is 19.0. The molecule has 1 amide bonds. The Morgan fingerprint density at radius 2 is 1.46 bits per heavy atom. The minimum atomic E-state index is -1.42. The molecule has 0 aliphatic carbocycles. The Balaban J connectivity index is 1.26. The van der Waals surface area contributed by atoms with Crippen molar-refractivity contribution in [3.8, 4) is 28.3 Å². The summed E-state index contributed by atoms with van der Waals surface area (Å²) in [6.07, 6.45) is 11.3. The van der Waals surface area contributed by atoms with E-state index in [0.717, 1.165) is 46.6 Å². The lowest BCUT2D eigenvalue weighted by molar-refractivity contribution is -0.141. The van der Waals surface area contributed by atoms with E-state index >= 15 is 0 Å². The predicted octanol–water partition coefficient (Wildman–Crippen LogP) is 7.93. The highest BCUT2D eigenvalue weighted by atomic mass is 16.5. The lowest BCUT2D eigenvalue weighted by Crippen LogP contribution is -2.53. The second-order valence-electron chi connectivity index (χ2n) is 14.6. The Bertz CT molecular complexity index is 1910. The number of carbonyl (C=O) groups excluding carboxylic acids is 1. The van der Waals surface area contributed by atoms with Gasteiger partial charge in [-0.2, -0.15) is 0 Å². The van der Waals surface area contributed by atoms with Crippen LogP contribution in [0.3, 0.4) is 0 Å². The number of aliphatic hydroxyl groups is 1. The maximum atomic E-state index is 13.5. The monoisotopic (exact) mass is 729 g/mol. The van der Waals surface area contributed by atoms with Crippen LogP contribution in [-0.2, 0) is 16.6 Å². The van der Waals surface area contributed by atoms with Gasteiger partial charge in [0.15, 0.2) is 5.82 Å². The average Bonchev–Trinajstić information content (AvgIpc) is 3.18. The number of aliphatic hydroxyl groups excluding tert-OH is 1. The molecule has 282 valence electrons. The van der Waals surface area contributed by atoms with Gasteiger partial charge in [-0.05, 0) is 70.8 Å². The summed E-state index contributed by atoms with van der Waals surface area (Å²) >= 11 is 0. The number of rotatable bonds is 18. The summed E-state index contributed by atoms with van der Waals surface area (Å²) in [6.45, 7) is 9.22. The van der Waals surface area contributed by atoms with Crippen molar-refractivity contribution in [2.45, 2.75) is 89.9 Å². The molecule has 3 atom stereocenters. The number of benzene rings is 3. The molecule has 4 N–H and O–H groups in total. The Hall–Kier alpha value is -5.45. The minimum absolute atomic E-state index is 0.0796. The number of nitrogens with zero attached hydrogens (tertiary/aromatic N) is 3. The molecule has 0 aliphatic heterocycles. The van der Waals surface area contributed by atoms with Gasteiger partial charge in [-0.3, -0.25) is 19.9 Å². The number of carboxylic acid groups (broad SMARTS) is 1. The van der Waals surface area contributed by atoms with Crippen LogP contribution in [0.15, 0.2) is 110 Å². The standard InChI is InChI=1S/C44H51N5O5/c1-5-6-7-8-9-25-54-37-22-18-31(19-23-37)35-28-46-40(47-29-35)32-14-12-30(13-15-32)26-38(42(51)49-39(43(52)53)34-11-10-24-45-27-34)48-41(50)33-16-20-36(21-17-33)44(2,3)4/h10-24,27-29,38-39,42,49,51H,5-9,25-26H2,1-4H3,(H,48,50)(H,52,53)/t38-,39?,42?/m0/s1. The first-order valence-electron chi connectivity index (χ1n) is 18.6. The Kier molecular flexibility index (Phi) is 14.0. The van der Waals surface area contributed by atoms with Crippen molar-refractivity contribution in [2.75, 3.05) is 6.61 Å². The maximum absolute atomic E-state index is 13.5. The van der Waals surface area contributed by atoms with Gasteiger partial charge < -0.3 is 20.3 Å². The number of hydrogen-bond acceptors (Lipinski definition) is 8. The smallest absolute Gasteiger partial charge is 0.325 e. The number of carbonyl (C=O) groups is 2. The molecule has 10 nitrogen and oxygen atoms in total. The number of nitrogens with one attached hydrogen (secondary N) is 2. The van der Waals surface area contributed by atoms with Gasteiger partial charge >= 0.3 is 5.97 Å². The summed E-state index contributed by atoms with van der Waals surface area (Å²) in [5.74, 6) is -0.171. The number of unbranched alkanes of at least 4 members (excludes halogenated alkanes) is 4. The molecule has 0 saturated heterocycles. The van der Waals surface area contributed by atoms with Crippen LogP contribution < -0.4 is 15.4 Å². The maximum Gasteiger partial charge on any atom is 0.325 e. The Labute approximate surface area is 318 Å². The van der Waals surface area contributed by atoms with Crippen molar-refractivity contribution in [1.29, 1.82) is 0 Å². The quantitative estimate of drug-likeness (QED) is 0.0522. The molecule has 54 heavy (non-hydrogen) atoms. The molecule has 0 spiro atoms. The zero-order chi connectivity index (χ0) is 38.5. The van der Waals surface area contributed by atoms with Crippen LogP contribution in [0.1, 0.15) is 92.9 Å². The Morgan fingerprint density at radius 1 is 0.796 bits per heavy atom. The first-order chi connectivity index (χ1) is 26.0. The summed E-state index contributed by atoms with van der Waals surface area (Å²) in [4.78, 5) is 38.9. The highest BCUT2D eigenvalue weighted by Crippen LogP contribution is 2.25. The van der Waals surface area contributed by atoms with E-state index in [4.69, 9.17) is 4.74 Å². The normalized spacial score (nSPS) is 13.1. The van der Waals surface area contributed by atoms with E-state index in [0.29, 0.717) is 17.0 Å². The molecule has 5 aromatic rings. The fraction of sp³-hybridized carbons (Fsp3) is 0.341. The fourth-order valence-electron chi connectivity index (χ4n) is 6.07. The molecule has 3 aromatic carbocycles. The van der Waals surface area contributed by atoms with Crippen LogP contribution in [0.4, 0.5) is 0 Å². The van der Waals surface area contributed by atoms with Gasteiger partial charge in [0.1, 0.15) is 18.0 Å². The fourth-order valence-corrected chi connectivity index (χ4v) is 6.07. The molecule has 0 fully saturated rings. The lowest BCUT2D eigenvalue weighted by atomic mass is 9.86. The third-order valence-corrected chi connectivity index (χ3v) is 9.34. The van der Waals surface area contributed by atoms with Crippen molar-refractivity contribution in [3.05, 3.63) is 132 Å². The summed E-state index contributed by atoms with van der Waals surface area (Å²) < 4.78 is 5.90. The molecule has 5 rings (SSSR count). The van der Waals surface area contributed by atoms with Gasteiger partial charge in [0, 0.05) is 41.5 Å². The zero-order valence-electron chi connectivity index (χ0n) is 31.5. The van der Waals surface area contributed by atoms with Gasteiger partial charge in [0.25, 0.3) is 5.91 Å². The van der Waals surface area contributed by atoms with Crippen LogP contribution in [0.2, 0.25) is 0 Å². The second-order valence-corrected chi connectivity index (χ2v) is 14.6. The lowest BCUT2D eigenvalue weighted by Gasteiger charge is -2.28. The van der Waals surface area contributed by atoms with Crippen molar-refractivity contribution < 1.29 is 24.5 Å². The van der Waals surface area contributed by atoms with Crippen LogP contribution in [0.5, 0.6) is 5.75 Å². The first-order valence-corrected chi connectivity index (χ1v) is 18.6. The number of aliphatic carboxylic acids is 1.